The van der Waals surface area contributed by atoms with Gasteiger partial charge in [-0.3, -0.25) is 9.59 Å². The van der Waals surface area contributed by atoms with Crippen molar-refractivity contribution < 1.29 is 14.0 Å². The summed E-state index contributed by atoms with van der Waals surface area (Å²) in [5, 5.41) is 9.99. The molecule has 10 heteroatoms. The lowest BCUT2D eigenvalue weighted by molar-refractivity contribution is -0.133. The van der Waals surface area contributed by atoms with E-state index in [4.69, 9.17) is 28.2 Å². The number of thioether (sulfide) groups is 1. The van der Waals surface area contributed by atoms with Gasteiger partial charge < -0.3 is 10.6 Å². The Kier molecular flexibility index (Phi) is 8.28. The fourth-order valence-electron chi connectivity index (χ4n) is 4.67. The van der Waals surface area contributed by atoms with E-state index in [-0.39, 0.29) is 23.3 Å². The molecule has 1 aliphatic heterocycles. The smallest absolute Gasteiger partial charge is 0.242 e. The first-order chi connectivity index (χ1) is 18.8. The molecule has 3 unspecified atom stereocenters. The molecule has 5 rings (SSSR count). The summed E-state index contributed by atoms with van der Waals surface area (Å²) in [7, 11) is 0. The van der Waals surface area contributed by atoms with Gasteiger partial charge in [0.15, 0.2) is 5.78 Å². The minimum absolute atomic E-state index is 0.0405. The molecule has 0 saturated carbocycles. The number of nitrogens with zero attached hydrogens (tertiary/aromatic N) is 1. The monoisotopic (exact) mass is 599 g/mol. The SMILES string of the molecule is CCC(Nc1cccc(C2(c3ccsc3)CC(=O)C(Sc3ccccc3Cl)C(=O)N2)n1)c1ccc(F)c(Cl)c1. The molecule has 0 radical (unpaired) electrons. The summed E-state index contributed by atoms with van der Waals surface area (Å²) in [4.78, 5) is 32.6. The van der Waals surface area contributed by atoms with Gasteiger partial charge >= 0.3 is 0 Å². The van der Waals surface area contributed by atoms with Crippen LogP contribution in [0.4, 0.5) is 10.2 Å². The fourth-order valence-corrected chi connectivity index (χ4v) is 6.83. The molecular formula is C29H24Cl2FN3O2S2. The summed E-state index contributed by atoms with van der Waals surface area (Å²) in [6.45, 7) is 2.00. The van der Waals surface area contributed by atoms with Crippen LogP contribution in [0.15, 0.2) is 82.4 Å². The molecule has 1 saturated heterocycles. The van der Waals surface area contributed by atoms with E-state index < -0.39 is 22.5 Å². The van der Waals surface area contributed by atoms with E-state index in [9.17, 15) is 14.0 Å². The van der Waals surface area contributed by atoms with Crippen LogP contribution in [0.1, 0.15) is 42.6 Å². The number of thiophene rings is 1. The highest BCUT2D eigenvalue weighted by atomic mass is 35.5. The summed E-state index contributed by atoms with van der Waals surface area (Å²) < 4.78 is 13.7. The summed E-state index contributed by atoms with van der Waals surface area (Å²) in [6.07, 6.45) is 0.735. The van der Waals surface area contributed by atoms with Gasteiger partial charge in [0, 0.05) is 11.3 Å². The lowest BCUT2D eigenvalue weighted by atomic mass is 9.79. The number of benzene rings is 2. The highest BCUT2D eigenvalue weighted by Gasteiger charge is 2.48. The maximum absolute atomic E-state index is 13.7. The normalized spacial score (nSPS) is 19.9. The van der Waals surface area contributed by atoms with Crippen molar-refractivity contribution in [1.82, 2.24) is 10.3 Å². The van der Waals surface area contributed by atoms with Crippen LogP contribution in [-0.2, 0) is 15.1 Å². The van der Waals surface area contributed by atoms with Gasteiger partial charge in [-0.2, -0.15) is 11.3 Å². The molecule has 2 aromatic carbocycles. The highest BCUT2D eigenvalue weighted by molar-refractivity contribution is 8.01. The molecule has 2 aromatic heterocycles. The van der Waals surface area contributed by atoms with Gasteiger partial charge in [-0.05, 0) is 70.8 Å². The number of amides is 1. The van der Waals surface area contributed by atoms with Crippen LogP contribution in [-0.4, -0.2) is 21.9 Å². The molecule has 5 nitrogen and oxygen atoms in total. The number of rotatable bonds is 8. The third-order valence-corrected chi connectivity index (χ3v) is 9.40. The number of hydrogen-bond acceptors (Lipinski definition) is 6. The number of carbonyl (C=O) groups is 2. The maximum Gasteiger partial charge on any atom is 0.242 e. The van der Waals surface area contributed by atoms with E-state index in [1.807, 2.05) is 48.0 Å². The zero-order chi connectivity index (χ0) is 27.6. The van der Waals surface area contributed by atoms with Crippen molar-refractivity contribution in [3.8, 4) is 0 Å². The Balaban J connectivity index is 1.46. The Labute approximate surface area is 244 Å². The summed E-state index contributed by atoms with van der Waals surface area (Å²) >= 11 is 15.0. The van der Waals surface area contributed by atoms with E-state index in [1.165, 1.54) is 17.4 Å². The predicted octanol–water partition coefficient (Wildman–Crippen LogP) is 7.65. The summed E-state index contributed by atoms with van der Waals surface area (Å²) in [5.74, 6) is -0.516. The minimum Gasteiger partial charge on any atom is -0.363 e. The zero-order valence-electron chi connectivity index (χ0n) is 20.8. The van der Waals surface area contributed by atoms with Crippen LogP contribution in [0.5, 0.6) is 0 Å². The van der Waals surface area contributed by atoms with Gasteiger partial charge in [0.25, 0.3) is 0 Å². The molecule has 0 spiro atoms. The van der Waals surface area contributed by atoms with Gasteiger partial charge in [0.2, 0.25) is 5.91 Å². The zero-order valence-corrected chi connectivity index (χ0v) is 23.9. The average molecular weight is 601 g/mol. The van der Waals surface area contributed by atoms with Crippen LogP contribution in [0.2, 0.25) is 10.0 Å². The van der Waals surface area contributed by atoms with Crippen molar-refractivity contribution >= 4 is 63.8 Å². The summed E-state index contributed by atoms with van der Waals surface area (Å²) in [6, 6.07) is 19.0. The predicted molar refractivity (Wildman–Crippen MR) is 156 cm³/mol. The fraction of sp³-hybridized carbons (Fsp3) is 0.207. The first-order valence-electron chi connectivity index (χ1n) is 12.3. The van der Waals surface area contributed by atoms with Crippen molar-refractivity contribution in [3.05, 3.63) is 110 Å². The number of ketones is 1. The maximum atomic E-state index is 13.7. The van der Waals surface area contributed by atoms with Crippen LogP contribution in [0, 0.1) is 5.82 Å². The Morgan fingerprint density at radius 3 is 2.64 bits per heavy atom. The van der Waals surface area contributed by atoms with E-state index in [2.05, 4.69) is 10.6 Å². The first-order valence-corrected chi connectivity index (χ1v) is 14.9. The van der Waals surface area contributed by atoms with Crippen LogP contribution in [0.3, 0.4) is 0 Å². The molecular weight excluding hydrogens is 576 g/mol. The number of nitrogens with one attached hydrogen (secondary N) is 2. The molecule has 3 heterocycles. The van der Waals surface area contributed by atoms with E-state index in [0.717, 1.165) is 22.9 Å². The summed E-state index contributed by atoms with van der Waals surface area (Å²) in [5.41, 5.74) is 1.03. The molecule has 1 amide bonds. The molecule has 2 N–H and O–H groups in total. The van der Waals surface area contributed by atoms with E-state index in [1.54, 1.807) is 30.3 Å². The van der Waals surface area contributed by atoms with Gasteiger partial charge in [0.1, 0.15) is 22.4 Å². The van der Waals surface area contributed by atoms with Gasteiger partial charge in [-0.25, -0.2) is 9.37 Å². The van der Waals surface area contributed by atoms with Crippen LogP contribution in [0.25, 0.3) is 0 Å². The standard InChI is InChI=1S/C29H24Cl2FN3O2S2/c1-2-22(17-10-11-21(32)20(31)14-17)33-26-9-5-8-25(34-26)29(18-12-13-38-16-18)15-23(36)27(28(37)35-29)39-24-7-4-3-6-19(24)30/h3-14,16,22,27H,2,15H2,1H3,(H,33,34)(H,35,37). The number of piperidine rings is 1. The third-order valence-electron chi connectivity index (χ3n) is 6.66. The Morgan fingerprint density at radius 1 is 1.13 bits per heavy atom. The van der Waals surface area contributed by atoms with Crippen molar-refractivity contribution in [1.29, 1.82) is 0 Å². The van der Waals surface area contributed by atoms with Gasteiger partial charge in [-0.15, -0.1) is 11.8 Å². The van der Waals surface area contributed by atoms with Gasteiger partial charge in [0.05, 0.1) is 21.8 Å². The van der Waals surface area contributed by atoms with Crippen LogP contribution >= 0.6 is 46.3 Å². The largest absolute Gasteiger partial charge is 0.363 e. The number of halogens is 3. The highest BCUT2D eigenvalue weighted by Crippen LogP contribution is 2.41. The second-order valence-electron chi connectivity index (χ2n) is 9.16. The molecule has 4 aromatic rings. The van der Waals surface area contributed by atoms with Crippen molar-refractivity contribution in [2.75, 3.05) is 5.32 Å². The topological polar surface area (TPSA) is 71.1 Å². The number of hydrogen-bond donors (Lipinski definition) is 2. The molecule has 0 bridgehead atoms. The second-order valence-corrected chi connectivity index (χ2v) is 11.9. The first kappa shape index (κ1) is 27.6. The van der Waals surface area contributed by atoms with Crippen molar-refractivity contribution in [2.24, 2.45) is 0 Å². The Hall–Kier alpha value is -2.91. The third kappa shape index (κ3) is 5.70. The molecule has 200 valence electrons. The molecule has 1 fully saturated rings. The van der Waals surface area contributed by atoms with Crippen molar-refractivity contribution in [3.63, 3.8) is 0 Å². The molecule has 39 heavy (non-hydrogen) atoms. The number of aromatic nitrogens is 1. The minimum atomic E-state index is -1.12. The second kappa shape index (κ2) is 11.7. The van der Waals surface area contributed by atoms with Gasteiger partial charge in [-0.1, -0.05) is 54.4 Å². The van der Waals surface area contributed by atoms with E-state index >= 15 is 0 Å². The number of pyridine rings is 1. The Morgan fingerprint density at radius 2 is 1.95 bits per heavy atom. The van der Waals surface area contributed by atoms with Crippen molar-refractivity contribution in [2.45, 2.75) is 41.5 Å². The average Bonchev–Trinajstić information content (AvgIpc) is 3.48. The molecule has 3 atom stereocenters. The quantitative estimate of drug-likeness (QED) is 0.204. The molecule has 0 aliphatic carbocycles. The lowest BCUT2D eigenvalue weighted by Crippen LogP contribution is -2.58. The Bertz CT molecular complexity index is 1500. The van der Waals surface area contributed by atoms with E-state index in [0.29, 0.717) is 27.9 Å². The number of carbonyl (C=O) groups excluding carboxylic acids is 2. The molecule has 1 aliphatic rings. The van der Waals surface area contributed by atoms with Crippen LogP contribution < -0.4 is 10.6 Å². The number of Topliss-reactive ketones (excluding diaryl/α,β-unsaturated/α-hetero) is 1. The number of anilines is 1. The lowest BCUT2D eigenvalue weighted by Gasteiger charge is -2.39.